The van der Waals surface area contributed by atoms with E-state index in [9.17, 15) is 18.0 Å². The number of aryl methyl sites for hydroxylation is 2. The molecule has 4 rings (SSSR count). The second-order valence-electron chi connectivity index (χ2n) is 11.2. The van der Waals surface area contributed by atoms with Crippen LogP contribution in [0.3, 0.4) is 0 Å². The molecule has 1 N–H and O–H groups in total. The lowest BCUT2D eigenvalue weighted by Crippen LogP contribution is -2.53. The smallest absolute Gasteiger partial charge is 0.264 e. The summed E-state index contributed by atoms with van der Waals surface area (Å²) in [6.07, 6.45) is 1.00. The van der Waals surface area contributed by atoms with Crippen LogP contribution < -0.4 is 9.62 Å². The molecule has 0 fully saturated rings. The summed E-state index contributed by atoms with van der Waals surface area (Å²) in [6.45, 7) is 7.70. The minimum absolute atomic E-state index is 0.0851. The van der Waals surface area contributed by atoms with Crippen LogP contribution in [0.15, 0.2) is 106 Å². The maximum absolute atomic E-state index is 14.6. The van der Waals surface area contributed by atoms with E-state index in [1.165, 1.54) is 9.21 Å². The van der Waals surface area contributed by atoms with Gasteiger partial charge in [-0.25, -0.2) is 8.42 Å². The van der Waals surface area contributed by atoms with E-state index < -0.39 is 28.5 Å². The Balaban J connectivity index is 1.83. The van der Waals surface area contributed by atoms with Crippen LogP contribution in [0.2, 0.25) is 0 Å². The van der Waals surface area contributed by atoms with Gasteiger partial charge in [-0.2, -0.15) is 0 Å². The van der Waals surface area contributed by atoms with Crippen LogP contribution in [0.5, 0.6) is 0 Å². The molecule has 0 aliphatic rings. The van der Waals surface area contributed by atoms with Gasteiger partial charge in [0.1, 0.15) is 12.6 Å². The molecule has 0 unspecified atom stereocenters. The highest BCUT2D eigenvalue weighted by atomic mass is 79.9. The van der Waals surface area contributed by atoms with Crippen molar-refractivity contribution in [3.8, 4) is 0 Å². The summed E-state index contributed by atoms with van der Waals surface area (Å²) in [6, 6.07) is 28.2. The van der Waals surface area contributed by atoms with Crippen LogP contribution in [0.1, 0.15) is 41.2 Å². The molecular weight excluding hydrogens is 650 g/mol. The second-order valence-corrected chi connectivity index (χ2v) is 14.0. The third-order valence-electron chi connectivity index (χ3n) is 7.79. The van der Waals surface area contributed by atoms with Crippen LogP contribution in [0.25, 0.3) is 0 Å². The van der Waals surface area contributed by atoms with Gasteiger partial charge in [0.25, 0.3) is 10.0 Å². The van der Waals surface area contributed by atoms with E-state index in [1.807, 2.05) is 88.4 Å². The number of nitrogens with one attached hydrogen (secondary N) is 1. The first-order valence-corrected chi connectivity index (χ1v) is 17.3. The number of carbonyl (C=O) groups is 2. The Kier molecular flexibility index (Phi) is 11.6. The van der Waals surface area contributed by atoms with Crippen molar-refractivity contribution in [1.29, 1.82) is 0 Å². The van der Waals surface area contributed by atoms with Crippen LogP contribution in [0.4, 0.5) is 5.69 Å². The van der Waals surface area contributed by atoms with E-state index in [0.29, 0.717) is 12.2 Å². The lowest BCUT2D eigenvalue weighted by Gasteiger charge is -2.34. The monoisotopic (exact) mass is 689 g/mol. The normalized spacial score (nSPS) is 11.9. The molecule has 0 bridgehead atoms. The Morgan fingerprint density at radius 2 is 1.51 bits per heavy atom. The summed E-state index contributed by atoms with van der Waals surface area (Å²) in [5.74, 6) is -0.775. The second kappa shape index (κ2) is 15.4. The van der Waals surface area contributed by atoms with E-state index >= 15 is 0 Å². The molecule has 0 aliphatic heterocycles. The van der Waals surface area contributed by atoms with Crippen LogP contribution in [0, 0.1) is 20.8 Å². The molecule has 1 atom stereocenters. The quantitative estimate of drug-likeness (QED) is 0.169. The molecule has 0 saturated heterocycles. The maximum Gasteiger partial charge on any atom is 0.264 e. The van der Waals surface area contributed by atoms with Crippen molar-refractivity contribution in [3.63, 3.8) is 0 Å². The molecule has 0 spiro atoms. The minimum atomic E-state index is -4.16. The number of hydrogen-bond acceptors (Lipinski definition) is 4. The SMILES string of the molecule is CCCNC(=O)[C@@H](Cc1ccccc1)N(Cc1cccc(Br)c1)C(=O)CN(c1cccc(C)c1C)S(=O)(=O)c1ccc(C)cc1. The molecule has 0 aliphatic carbocycles. The summed E-state index contributed by atoms with van der Waals surface area (Å²) in [5.41, 5.74) is 4.68. The van der Waals surface area contributed by atoms with E-state index in [1.54, 1.807) is 36.4 Å². The van der Waals surface area contributed by atoms with Crippen LogP contribution in [-0.2, 0) is 32.6 Å². The molecule has 0 saturated carbocycles. The number of amides is 2. The zero-order valence-electron chi connectivity index (χ0n) is 26.2. The van der Waals surface area contributed by atoms with Crippen LogP contribution >= 0.6 is 15.9 Å². The zero-order chi connectivity index (χ0) is 32.6. The van der Waals surface area contributed by atoms with Crippen molar-refractivity contribution >= 4 is 43.5 Å². The molecular formula is C36H40BrN3O4S. The van der Waals surface area contributed by atoms with Gasteiger partial charge in [0.05, 0.1) is 10.6 Å². The third kappa shape index (κ3) is 8.61. The largest absolute Gasteiger partial charge is 0.354 e. The Hall–Kier alpha value is -3.95. The maximum atomic E-state index is 14.6. The summed E-state index contributed by atoms with van der Waals surface area (Å²) < 4.78 is 30.6. The Morgan fingerprint density at radius 3 is 2.18 bits per heavy atom. The number of rotatable bonds is 13. The van der Waals surface area contributed by atoms with Crippen molar-refractivity contribution < 1.29 is 18.0 Å². The van der Waals surface area contributed by atoms with Crippen molar-refractivity contribution in [2.45, 2.75) is 58.0 Å². The number of hydrogen-bond donors (Lipinski definition) is 1. The first kappa shape index (κ1) is 33.9. The number of anilines is 1. The first-order chi connectivity index (χ1) is 21.5. The molecule has 45 heavy (non-hydrogen) atoms. The van der Waals surface area contributed by atoms with Crippen molar-refractivity contribution in [2.24, 2.45) is 0 Å². The predicted octanol–water partition coefficient (Wildman–Crippen LogP) is 6.74. The van der Waals surface area contributed by atoms with Crippen molar-refractivity contribution in [1.82, 2.24) is 10.2 Å². The van der Waals surface area contributed by atoms with Gasteiger partial charge < -0.3 is 10.2 Å². The summed E-state index contributed by atoms with van der Waals surface area (Å²) >= 11 is 3.52. The Morgan fingerprint density at radius 1 is 0.844 bits per heavy atom. The Bertz CT molecular complexity index is 1730. The van der Waals surface area contributed by atoms with Gasteiger partial charge in [-0.05, 0) is 79.8 Å². The molecule has 236 valence electrons. The fourth-order valence-electron chi connectivity index (χ4n) is 5.11. The van der Waals surface area contributed by atoms with Gasteiger partial charge in [0, 0.05) is 24.0 Å². The number of benzene rings is 4. The Labute approximate surface area is 275 Å². The van der Waals surface area contributed by atoms with Gasteiger partial charge >= 0.3 is 0 Å². The summed E-state index contributed by atoms with van der Waals surface area (Å²) in [7, 11) is -4.16. The highest BCUT2D eigenvalue weighted by Crippen LogP contribution is 2.29. The standard InChI is InChI=1S/C36H40BrN3O4S/c1-5-21-38-36(42)34(23-29-12-7-6-8-13-29)39(24-30-14-10-15-31(37)22-30)35(41)25-40(33-16-9-11-27(3)28(33)4)45(43,44)32-19-17-26(2)18-20-32/h6-20,22,34H,5,21,23-25H2,1-4H3,(H,38,42)/t34-/m1/s1. The highest BCUT2D eigenvalue weighted by Gasteiger charge is 2.35. The first-order valence-electron chi connectivity index (χ1n) is 15.0. The van der Waals surface area contributed by atoms with Gasteiger partial charge in [0.2, 0.25) is 11.8 Å². The molecule has 7 nitrogen and oxygen atoms in total. The predicted molar refractivity (Wildman–Crippen MR) is 184 cm³/mol. The van der Waals surface area contributed by atoms with E-state index in [4.69, 9.17) is 0 Å². The van der Waals surface area contributed by atoms with Gasteiger partial charge in [-0.3, -0.25) is 13.9 Å². The average molecular weight is 691 g/mol. The molecule has 0 radical (unpaired) electrons. The zero-order valence-corrected chi connectivity index (χ0v) is 28.6. The number of halogens is 1. The molecule has 2 amide bonds. The van der Waals surface area contributed by atoms with Gasteiger partial charge in [0.15, 0.2) is 0 Å². The third-order valence-corrected chi connectivity index (χ3v) is 10.1. The van der Waals surface area contributed by atoms with Crippen molar-refractivity contribution in [3.05, 3.63) is 129 Å². The van der Waals surface area contributed by atoms with E-state index in [2.05, 4.69) is 21.2 Å². The van der Waals surface area contributed by atoms with Gasteiger partial charge in [-0.15, -0.1) is 0 Å². The number of sulfonamides is 1. The van der Waals surface area contributed by atoms with E-state index in [-0.39, 0.29) is 23.8 Å². The summed E-state index contributed by atoms with van der Waals surface area (Å²) in [5, 5.41) is 2.97. The van der Waals surface area contributed by atoms with Crippen LogP contribution in [-0.4, -0.2) is 44.3 Å². The van der Waals surface area contributed by atoms with Crippen molar-refractivity contribution in [2.75, 3.05) is 17.4 Å². The molecule has 0 heterocycles. The minimum Gasteiger partial charge on any atom is -0.354 e. The molecule has 0 aromatic heterocycles. The summed E-state index contributed by atoms with van der Waals surface area (Å²) in [4.78, 5) is 30.0. The molecule has 9 heteroatoms. The van der Waals surface area contributed by atoms with Gasteiger partial charge in [-0.1, -0.05) is 95.1 Å². The lowest BCUT2D eigenvalue weighted by molar-refractivity contribution is -0.140. The fraction of sp³-hybridized carbons (Fsp3) is 0.278. The van der Waals surface area contributed by atoms with E-state index in [0.717, 1.165) is 38.7 Å². The topological polar surface area (TPSA) is 86.8 Å². The fourth-order valence-corrected chi connectivity index (χ4v) is 7.03. The lowest BCUT2D eigenvalue weighted by atomic mass is 10.0. The molecule has 4 aromatic carbocycles. The number of carbonyl (C=O) groups excluding carboxylic acids is 2. The number of nitrogens with zero attached hydrogens (tertiary/aromatic N) is 2. The average Bonchev–Trinajstić information content (AvgIpc) is 3.02. The molecule has 4 aromatic rings. The highest BCUT2D eigenvalue weighted by molar-refractivity contribution is 9.10.